The number of carboxylic acids is 2. The van der Waals surface area contributed by atoms with Crippen LogP contribution < -0.4 is 11.5 Å². The van der Waals surface area contributed by atoms with Gasteiger partial charge in [-0.05, 0) is 12.2 Å². The normalized spacial score (nSPS) is 14.0. The van der Waals surface area contributed by atoms with Crippen LogP contribution in [0.3, 0.4) is 0 Å². The smallest absolute Gasteiger partial charge is 0.321 e. The molecule has 7 N–H and O–H groups in total. The van der Waals surface area contributed by atoms with E-state index in [-0.39, 0.29) is 0 Å². The molecule has 0 heterocycles. The van der Waals surface area contributed by atoms with E-state index in [0.29, 0.717) is 12.2 Å². The number of aliphatic carboxylic acids is 2. The Kier molecular flexibility index (Phi) is 9.84. The summed E-state index contributed by atoms with van der Waals surface area (Å²) in [5, 5.41) is 16.2. The van der Waals surface area contributed by atoms with Crippen molar-refractivity contribution in [3.05, 3.63) is 0 Å². The lowest BCUT2D eigenvalue weighted by molar-refractivity contribution is -0.139. The Labute approximate surface area is 109 Å². The number of hydrogen-bond donors (Lipinski definition) is 6. The Morgan fingerprint density at radius 1 is 1.11 bits per heavy atom. The van der Waals surface area contributed by atoms with Gasteiger partial charge in [-0.3, -0.25) is 14.1 Å². The first-order valence-electron chi connectivity index (χ1n) is 4.54. The van der Waals surface area contributed by atoms with E-state index in [9.17, 15) is 18.0 Å². The summed E-state index contributed by atoms with van der Waals surface area (Å²) in [6.45, 7) is 0. The molecule has 0 spiro atoms. The first-order valence-corrected chi connectivity index (χ1v) is 6.78. The standard InChI is InChI=1S/C4H9NO2S.C3H7NO5S/c5-3(1-2-8)4(6)7;4-2(3(5)6)1-10(7,8)9/h3,8H,1-2,5H2,(H,6,7);2H,1,4H2,(H,5,6)(H,7,8,9). The molecule has 0 aliphatic carbocycles. The molecule has 0 aromatic rings. The van der Waals surface area contributed by atoms with Gasteiger partial charge in [0.15, 0.2) is 0 Å². The van der Waals surface area contributed by atoms with Crippen LogP contribution >= 0.6 is 12.6 Å². The minimum Gasteiger partial charge on any atom is -0.480 e. The maximum Gasteiger partial charge on any atom is 0.321 e. The summed E-state index contributed by atoms with van der Waals surface area (Å²) in [6.07, 6.45) is 0.429. The van der Waals surface area contributed by atoms with Gasteiger partial charge in [0.25, 0.3) is 10.1 Å². The van der Waals surface area contributed by atoms with Crippen molar-refractivity contribution < 1.29 is 32.8 Å². The summed E-state index contributed by atoms with van der Waals surface area (Å²) in [5.74, 6) is -2.85. The third-order valence-electron chi connectivity index (χ3n) is 1.46. The van der Waals surface area contributed by atoms with Gasteiger partial charge in [0, 0.05) is 0 Å². The van der Waals surface area contributed by atoms with Gasteiger partial charge in [0.2, 0.25) is 0 Å². The highest BCUT2D eigenvalue weighted by Gasteiger charge is 2.18. The number of nitrogens with two attached hydrogens (primary N) is 2. The van der Waals surface area contributed by atoms with Crippen LogP contribution in [0.5, 0.6) is 0 Å². The zero-order valence-electron chi connectivity index (χ0n) is 9.26. The molecule has 0 amide bonds. The predicted octanol–water partition coefficient (Wildman–Crippen LogP) is -2.00. The Hall–Kier alpha value is -0.880. The van der Waals surface area contributed by atoms with Crippen molar-refractivity contribution in [1.29, 1.82) is 0 Å². The average Bonchev–Trinajstić information content (AvgIpc) is 2.16. The summed E-state index contributed by atoms with van der Waals surface area (Å²) in [5.41, 5.74) is 9.84. The maximum absolute atomic E-state index is 9.96. The van der Waals surface area contributed by atoms with E-state index in [2.05, 4.69) is 12.6 Å². The number of carboxylic acid groups (broad SMARTS) is 2. The number of hydrogen-bond acceptors (Lipinski definition) is 7. The van der Waals surface area contributed by atoms with Gasteiger partial charge in [-0.25, -0.2) is 0 Å². The molecule has 0 aromatic carbocycles. The molecule has 0 rings (SSSR count). The lowest BCUT2D eigenvalue weighted by Gasteiger charge is -2.01. The van der Waals surface area contributed by atoms with Gasteiger partial charge >= 0.3 is 11.9 Å². The molecule has 0 saturated carbocycles. The summed E-state index contributed by atoms with van der Waals surface area (Å²) < 4.78 is 28.0. The molecule has 2 unspecified atom stereocenters. The zero-order chi connectivity index (χ0) is 14.9. The molecular weight excluding hydrogens is 288 g/mol. The summed E-state index contributed by atoms with van der Waals surface area (Å²) in [6, 6.07) is -2.30. The fraction of sp³-hybridized carbons (Fsp3) is 0.714. The van der Waals surface area contributed by atoms with Crippen LogP contribution in [0.25, 0.3) is 0 Å². The fourth-order valence-electron chi connectivity index (χ4n) is 0.561. The summed E-state index contributed by atoms with van der Waals surface area (Å²) >= 11 is 3.81. The monoisotopic (exact) mass is 304 g/mol. The molecule has 2 atom stereocenters. The number of rotatable bonds is 6. The van der Waals surface area contributed by atoms with Crippen LogP contribution in [0.15, 0.2) is 0 Å². The van der Waals surface area contributed by atoms with Gasteiger partial charge < -0.3 is 21.7 Å². The Bertz CT molecular complexity index is 370. The first-order chi connectivity index (χ1) is 8.01. The van der Waals surface area contributed by atoms with Gasteiger partial charge in [-0.15, -0.1) is 0 Å². The second kappa shape index (κ2) is 9.10. The van der Waals surface area contributed by atoms with Crippen molar-refractivity contribution in [1.82, 2.24) is 0 Å². The van der Waals surface area contributed by atoms with Gasteiger partial charge in [0.1, 0.15) is 17.8 Å². The molecule has 0 radical (unpaired) electrons. The van der Waals surface area contributed by atoms with Gasteiger partial charge in [-0.1, -0.05) is 0 Å². The summed E-state index contributed by atoms with van der Waals surface area (Å²) in [7, 11) is -4.27. The van der Waals surface area contributed by atoms with Crippen molar-refractivity contribution in [2.75, 3.05) is 11.5 Å². The van der Waals surface area contributed by atoms with Crippen LogP contribution in [-0.2, 0) is 19.7 Å². The highest BCUT2D eigenvalue weighted by atomic mass is 32.2. The van der Waals surface area contributed by atoms with Crippen LogP contribution in [0.2, 0.25) is 0 Å². The molecule has 11 heteroatoms. The third kappa shape index (κ3) is 13.2. The van der Waals surface area contributed by atoms with Crippen molar-refractivity contribution in [3.63, 3.8) is 0 Å². The molecule has 0 saturated heterocycles. The minimum atomic E-state index is -4.27. The van der Waals surface area contributed by atoms with E-state index in [1.54, 1.807) is 0 Å². The molecule has 0 aliphatic rings. The second-order valence-corrected chi connectivity index (χ2v) is 5.09. The second-order valence-electron chi connectivity index (χ2n) is 3.15. The van der Waals surface area contributed by atoms with Gasteiger partial charge in [0.05, 0.1) is 0 Å². The van der Waals surface area contributed by atoms with Crippen LogP contribution in [0.4, 0.5) is 0 Å². The predicted molar refractivity (Wildman–Crippen MR) is 66.1 cm³/mol. The van der Waals surface area contributed by atoms with Crippen LogP contribution in [0.1, 0.15) is 6.42 Å². The SMILES string of the molecule is NC(CCS)C(=O)O.NC(CS(=O)(=O)O)C(=O)O. The Morgan fingerprint density at radius 2 is 1.50 bits per heavy atom. The number of carbonyl (C=O) groups is 2. The lowest BCUT2D eigenvalue weighted by atomic mass is 10.2. The molecule has 0 aromatic heterocycles. The molecule has 0 fully saturated rings. The van der Waals surface area contributed by atoms with Crippen LogP contribution in [0, 0.1) is 0 Å². The van der Waals surface area contributed by atoms with E-state index >= 15 is 0 Å². The Morgan fingerprint density at radius 3 is 1.61 bits per heavy atom. The summed E-state index contributed by atoms with van der Waals surface area (Å²) in [4.78, 5) is 19.8. The fourth-order valence-corrected chi connectivity index (χ4v) is 1.44. The van der Waals surface area contributed by atoms with Crippen molar-refractivity contribution >= 4 is 34.7 Å². The van der Waals surface area contributed by atoms with Crippen molar-refractivity contribution in [2.24, 2.45) is 11.5 Å². The lowest BCUT2D eigenvalue weighted by Crippen LogP contribution is -2.36. The zero-order valence-corrected chi connectivity index (χ0v) is 11.0. The van der Waals surface area contributed by atoms with E-state index in [0.717, 1.165) is 0 Å². The van der Waals surface area contributed by atoms with E-state index in [1.807, 2.05) is 0 Å². The van der Waals surface area contributed by atoms with Crippen LogP contribution in [-0.4, -0.2) is 58.7 Å². The highest BCUT2D eigenvalue weighted by Crippen LogP contribution is 1.89. The van der Waals surface area contributed by atoms with Gasteiger partial charge in [-0.2, -0.15) is 21.0 Å². The molecule has 0 bridgehead atoms. The van der Waals surface area contributed by atoms with Crippen molar-refractivity contribution in [3.8, 4) is 0 Å². The average molecular weight is 304 g/mol. The van der Waals surface area contributed by atoms with E-state index in [4.69, 9.17) is 26.2 Å². The molecule has 0 aliphatic heterocycles. The molecular formula is C7H16N2O7S2. The quantitative estimate of drug-likeness (QED) is 0.239. The Balaban J connectivity index is 0. The van der Waals surface area contributed by atoms with E-state index in [1.165, 1.54) is 0 Å². The molecule has 108 valence electrons. The molecule has 9 nitrogen and oxygen atoms in total. The third-order valence-corrected chi connectivity index (χ3v) is 2.50. The van der Waals surface area contributed by atoms with Crippen molar-refractivity contribution in [2.45, 2.75) is 18.5 Å². The maximum atomic E-state index is 9.96. The first kappa shape index (κ1) is 19.5. The number of thiol groups is 1. The molecule has 18 heavy (non-hydrogen) atoms. The minimum absolute atomic E-state index is 0.429. The highest BCUT2D eigenvalue weighted by molar-refractivity contribution is 7.85. The van der Waals surface area contributed by atoms with E-state index < -0.39 is 39.9 Å². The topological polar surface area (TPSA) is 181 Å². The largest absolute Gasteiger partial charge is 0.480 e.